The predicted molar refractivity (Wildman–Crippen MR) is 53.3 cm³/mol. The number of allylic oxidation sites excluding steroid dienone is 1. The van der Waals surface area contributed by atoms with Gasteiger partial charge in [0.2, 0.25) is 0 Å². The molecule has 0 atom stereocenters. The molecule has 0 unspecified atom stereocenters. The maximum Gasteiger partial charge on any atom is 0.313 e. The number of aromatic nitrogens is 3. The molecule has 14 heavy (non-hydrogen) atoms. The minimum atomic E-state index is -0.860. The van der Waals surface area contributed by atoms with Gasteiger partial charge in [0.05, 0.1) is 5.75 Å². The Morgan fingerprint density at radius 2 is 2.43 bits per heavy atom. The van der Waals surface area contributed by atoms with Gasteiger partial charge in [0.25, 0.3) is 0 Å². The monoisotopic (exact) mass is 213 g/mol. The van der Waals surface area contributed by atoms with Crippen LogP contribution in [0, 0.1) is 6.92 Å². The van der Waals surface area contributed by atoms with Crippen LogP contribution in [0.3, 0.4) is 0 Å². The topological polar surface area (TPSA) is 68.0 Å². The summed E-state index contributed by atoms with van der Waals surface area (Å²) in [6.07, 6.45) is 1.72. The molecule has 1 aromatic rings. The zero-order valence-electron chi connectivity index (χ0n) is 7.80. The van der Waals surface area contributed by atoms with Gasteiger partial charge in [-0.15, -0.1) is 16.8 Å². The fourth-order valence-electron chi connectivity index (χ4n) is 0.934. The fraction of sp³-hybridized carbons (Fsp3) is 0.375. The number of thioether (sulfide) groups is 1. The lowest BCUT2D eigenvalue weighted by atomic mass is 10.6. The molecule has 0 spiro atoms. The van der Waals surface area contributed by atoms with E-state index < -0.39 is 5.97 Å². The summed E-state index contributed by atoms with van der Waals surface area (Å²) in [5.74, 6) is -0.103. The second-order valence-electron chi connectivity index (χ2n) is 2.61. The molecule has 76 valence electrons. The molecule has 0 saturated heterocycles. The molecule has 1 aromatic heterocycles. The normalized spacial score (nSPS) is 10.1. The highest BCUT2D eigenvalue weighted by Crippen LogP contribution is 2.16. The zero-order chi connectivity index (χ0) is 10.6. The van der Waals surface area contributed by atoms with E-state index in [1.54, 1.807) is 6.08 Å². The van der Waals surface area contributed by atoms with Crippen molar-refractivity contribution in [1.29, 1.82) is 0 Å². The van der Waals surface area contributed by atoms with Crippen LogP contribution in [-0.4, -0.2) is 31.6 Å². The van der Waals surface area contributed by atoms with Gasteiger partial charge in [-0.25, -0.2) is 0 Å². The molecule has 1 rings (SSSR count). The Labute approximate surface area is 85.8 Å². The minimum absolute atomic E-state index is 0.00469. The molecule has 0 aromatic carbocycles. The van der Waals surface area contributed by atoms with Crippen molar-refractivity contribution in [3.8, 4) is 0 Å². The Kier molecular flexibility index (Phi) is 3.70. The summed E-state index contributed by atoms with van der Waals surface area (Å²) in [7, 11) is 0. The first-order valence-corrected chi connectivity index (χ1v) is 4.99. The molecule has 0 radical (unpaired) electrons. The third-order valence-electron chi connectivity index (χ3n) is 1.54. The summed E-state index contributed by atoms with van der Waals surface area (Å²) < 4.78 is 1.82. The van der Waals surface area contributed by atoms with E-state index in [1.807, 2.05) is 11.5 Å². The SMILES string of the molecule is C=CCn1c(C)nnc1SCC(=O)O. The van der Waals surface area contributed by atoms with Gasteiger partial charge in [-0.3, -0.25) is 4.79 Å². The highest BCUT2D eigenvalue weighted by atomic mass is 32.2. The average molecular weight is 213 g/mol. The van der Waals surface area contributed by atoms with Crippen LogP contribution in [0.25, 0.3) is 0 Å². The number of aliphatic carboxylic acids is 1. The second-order valence-corrected chi connectivity index (χ2v) is 3.55. The minimum Gasteiger partial charge on any atom is -0.481 e. The molecule has 0 aliphatic carbocycles. The van der Waals surface area contributed by atoms with Crippen molar-refractivity contribution in [2.75, 3.05) is 5.75 Å². The Balaban J connectivity index is 2.75. The van der Waals surface area contributed by atoms with Crippen molar-refractivity contribution in [1.82, 2.24) is 14.8 Å². The molecule has 0 bridgehead atoms. The van der Waals surface area contributed by atoms with E-state index in [1.165, 1.54) is 0 Å². The number of aryl methyl sites for hydroxylation is 1. The van der Waals surface area contributed by atoms with Crippen molar-refractivity contribution in [3.05, 3.63) is 18.5 Å². The number of hydrogen-bond donors (Lipinski definition) is 1. The van der Waals surface area contributed by atoms with Crippen molar-refractivity contribution in [2.45, 2.75) is 18.6 Å². The van der Waals surface area contributed by atoms with E-state index in [2.05, 4.69) is 16.8 Å². The molecule has 0 aliphatic rings. The summed E-state index contributed by atoms with van der Waals surface area (Å²) in [6.45, 7) is 6.03. The smallest absolute Gasteiger partial charge is 0.313 e. The number of carboxylic acids is 1. The van der Waals surface area contributed by atoms with Crippen LogP contribution in [-0.2, 0) is 11.3 Å². The van der Waals surface area contributed by atoms with Crippen LogP contribution in [0.5, 0.6) is 0 Å². The lowest BCUT2D eigenvalue weighted by molar-refractivity contribution is -0.133. The number of hydrogen-bond acceptors (Lipinski definition) is 4. The van der Waals surface area contributed by atoms with E-state index in [9.17, 15) is 4.79 Å². The highest BCUT2D eigenvalue weighted by Gasteiger charge is 2.09. The first-order chi connectivity index (χ1) is 6.65. The van der Waals surface area contributed by atoms with Gasteiger partial charge in [0, 0.05) is 6.54 Å². The molecule has 0 saturated carbocycles. The summed E-state index contributed by atoms with van der Waals surface area (Å²) in [5, 5.41) is 16.9. The van der Waals surface area contributed by atoms with E-state index in [0.29, 0.717) is 11.7 Å². The molecule has 0 fully saturated rings. The van der Waals surface area contributed by atoms with Crippen LogP contribution in [0.15, 0.2) is 17.8 Å². The molecular formula is C8H11N3O2S. The van der Waals surface area contributed by atoms with Gasteiger partial charge in [-0.2, -0.15) is 0 Å². The lowest BCUT2D eigenvalue weighted by Crippen LogP contribution is -2.03. The van der Waals surface area contributed by atoms with Crippen molar-refractivity contribution in [3.63, 3.8) is 0 Å². The van der Waals surface area contributed by atoms with Gasteiger partial charge < -0.3 is 9.67 Å². The highest BCUT2D eigenvalue weighted by molar-refractivity contribution is 7.99. The Morgan fingerprint density at radius 3 is 3.00 bits per heavy atom. The maximum atomic E-state index is 10.4. The average Bonchev–Trinajstić information content (AvgIpc) is 2.46. The molecule has 1 heterocycles. The van der Waals surface area contributed by atoms with Gasteiger partial charge >= 0.3 is 5.97 Å². The molecule has 0 amide bonds. The largest absolute Gasteiger partial charge is 0.481 e. The van der Waals surface area contributed by atoms with Crippen LogP contribution < -0.4 is 0 Å². The van der Waals surface area contributed by atoms with E-state index in [4.69, 9.17) is 5.11 Å². The Bertz CT molecular complexity index is 348. The van der Waals surface area contributed by atoms with Crippen molar-refractivity contribution >= 4 is 17.7 Å². The Hall–Kier alpha value is -1.30. The quantitative estimate of drug-likeness (QED) is 0.582. The third-order valence-corrected chi connectivity index (χ3v) is 2.49. The van der Waals surface area contributed by atoms with E-state index in [-0.39, 0.29) is 5.75 Å². The molecule has 5 nitrogen and oxygen atoms in total. The molecule has 0 aliphatic heterocycles. The standard InChI is InChI=1S/C8H11N3O2S/c1-3-4-11-6(2)9-10-8(11)14-5-7(12)13/h3H,1,4-5H2,2H3,(H,12,13). The molecular weight excluding hydrogens is 202 g/mol. The summed E-state index contributed by atoms with van der Waals surface area (Å²) >= 11 is 1.16. The zero-order valence-corrected chi connectivity index (χ0v) is 8.62. The number of rotatable bonds is 5. The van der Waals surface area contributed by atoms with E-state index in [0.717, 1.165) is 17.6 Å². The van der Waals surface area contributed by atoms with Crippen LogP contribution in [0.2, 0.25) is 0 Å². The number of nitrogens with zero attached hydrogens (tertiary/aromatic N) is 3. The molecule has 6 heteroatoms. The predicted octanol–water partition coefficient (Wildman–Crippen LogP) is 0.949. The first-order valence-electron chi connectivity index (χ1n) is 4.00. The summed E-state index contributed by atoms with van der Waals surface area (Å²) in [6, 6.07) is 0. The van der Waals surface area contributed by atoms with E-state index >= 15 is 0 Å². The molecule has 1 N–H and O–H groups in total. The van der Waals surface area contributed by atoms with Gasteiger partial charge in [0.1, 0.15) is 5.82 Å². The Morgan fingerprint density at radius 1 is 1.71 bits per heavy atom. The first kappa shape index (κ1) is 10.8. The third kappa shape index (κ3) is 2.59. The maximum absolute atomic E-state index is 10.4. The second kappa shape index (κ2) is 4.80. The van der Waals surface area contributed by atoms with Gasteiger partial charge in [-0.05, 0) is 6.92 Å². The van der Waals surface area contributed by atoms with Crippen molar-refractivity contribution in [2.24, 2.45) is 0 Å². The van der Waals surface area contributed by atoms with Gasteiger partial charge in [0.15, 0.2) is 5.16 Å². The van der Waals surface area contributed by atoms with Crippen molar-refractivity contribution < 1.29 is 9.90 Å². The van der Waals surface area contributed by atoms with Crippen LogP contribution >= 0.6 is 11.8 Å². The number of carbonyl (C=O) groups is 1. The lowest BCUT2D eigenvalue weighted by Gasteiger charge is -2.02. The summed E-state index contributed by atoms with van der Waals surface area (Å²) in [5.41, 5.74) is 0. The van der Waals surface area contributed by atoms with Crippen LogP contribution in [0.4, 0.5) is 0 Å². The summed E-state index contributed by atoms with van der Waals surface area (Å²) in [4.78, 5) is 10.4. The fourth-order valence-corrected chi connectivity index (χ4v) is 1.65. The van der Waals surface area contributed by atoms with Crippen LogP contribution in [0.1, 0.15) is 5.82 Å². The number of carboxylic acid groups (broad SMARTS) is 1. The van der Waals surface area contributed by atoms with Gasteiger partial charge in [-0.1, -0.05) is 17.8 Å².